The molecule has 0 spiro atoms. The molecule has 0 saturated heterocycles. The van der Waals surface area contributed by atoms with E-state index in [0.717, 1.165) is 11.8 Å². The number of hydrogen-bond donors (Lipinski definition) is 1. The van der Waals surface area contributed by atoms with Gasteiger partial charge in [0, 0.05) is 15.6 Å². The highest BCUT2D eigenvalue weighted by Gasteiger charge is 2.19. The van der Waals surface area contributed by atoms with Crippen molar-refractivity contribution in [2.45, 2.75) is 20.1 Å². The van der Waals surface area contributed by atoms with Crippen LogP contribution >= 0.6 is 23.2 Å². The van der Waals surface area contributed by atoms with E-state index in [1.54, 1.807) is 66.7 Å². The smallest absolute Gasteiger partial charge is 0.271 e. The third kappa shape index (κ3) is 8.48. The molecule has 8 nitrogen and oxygen atoms in total. The lowest BCUT2D eigenvalue weighted by molar-refractivity contribution is 0.0955. The molecule has 0 aliphatic carbocycles. The summed E-state index contributed by atoms with van der Waals surface area (Å²) in [6.45, 7) is 2.73. The number of hydrazone groups is 1. The fourth-order valence-electron chi connectivity index (χ4n) is 3.92. The molecule has 0 saturated carbocycles. The van der Waals surface area contributed by atoms with E-state index in [2.05, 4.69) is 10.5 Å². The van der Waals surface area contributed by atoms with Crippen molar-refractivity contribution in [3.05, 3.63) is 123 Å². The average molecular weight is 627 g/mol. The second-order valence-corrected chi connectivity index (χ2v) is 11.9. The highest BCUT2D eigenvalue weighted by atomic mass is 35.5. The molecular weight excluding hydrogens is 597 g/mol. The summed E-state index contributed by atoms with van der Waals surface area (Å²) in [6, 6.07) is 26.0. The maximum atomic E-state index is 12.7. The lowest BCUT2D eigenvalue weighted by Gasteiger charge is -2.23. The first kappa shape index (κ1) is 30.9. The summed E-state index contributed by atoms with van der Waals surface area (Å²) in [4.78, 5) is 12.7. The van der Waals surface area contributed by atoms with Crippen molar-refractivity contribution < 1.29 is 22.7 Å². The molecule has 218 valence electrons. The van der Waals surface area contributed by atoms with Crippen LogP contribution in [0.25, 0.3) is 0 Å². The third-order valence-corrected chi connectivity index (χ3v) is 7.81. The molecule has 0 unspecified atom stereocenters. The maximum absolute atomic E-state index is 12.7. The number of rotatable bonds is 12. The van der Waals surface area contributed by atoms with Crippen molar-refractivity contribution >= 4 is 51.0 Å². The first-order chi connectivity index (χ1) is 20.1. The van der Waals surface area contributed by atoms with Gasteiger partial charge >= 0.3 is 0 Å². The minimum absolute atomic E-state index is 0.0586. The van der Waals surface area contributed by atoms with Crippen molar-refractivity contribution in [2.24, 2.45) is 5.10 Å². The number of halogens is 2. The Kier molecular flexibility index (Phi) is 10.5. The molecule has 0 atom stereocenters. The van der Waals surface area contributed by atoms with Gasteiger partial charge in [-0.2, -0.15) is 5.10 Å². The van der Waals surface area contributed by atoms with E-state index in [0.29, 0.717) is 57.1 Å². The summed E-state index contributed by atoms with van der Waals surface area (Å²) >= 11 is 12.2. The molecule has 0 aliphatic rings. The van der Waals surface area contributed by atoms with E-state index >= 15 is 0 Å². The maximum Gasteiger partial charge on any atom is 0.271 e. The second kappa shape index (κ2) is 14.2. The molecule has 11 heteroatoms. The number of hydrogen-bond acceptors (Lipinski definition) is 6. The number of carbonyl (C=O) groups is 1. The van der Waals surface area contributed by atoms with Crippen LogP contribution in [0, 0.1) is 0 Å². The Labute approximate surface area is 255 Å². The van der Waals surface area contributed by atoms with Crippen LogP contribution in [0.5, 0.6) is 11.5 Å². The zero-order valence-electron chi connectivity index (χ0n) is 23.0. The van der Waals surface area contributed by atoms with Gasteiger partial charge in [-0.25, -0.2) is 13.8 Å². The fraction of sp³-hybridized carbons (Fsp3) is 0.161. The summed E-state index contributed by atoms with van der Waals surface area (Å²) in [7, 11) is -3.61. The molecule has 0 heterocycles. The number of amides is 1. The van der Waals surface area contributed by atoms with Gasteiger partial charge < -0.3 is 9.47 Å². The number of carbonyl (C=O) groups excluding carboxylic acids is 1. The molecule has 0 fully saturated rings. The van der Waals surface area contributed by atoms with Crippen LogP contribution in [0.3, 0.4) is 0 Å². The van der Waals surface area contributed by atoms with E-state index in [-0.39, 0.29) is 6.54 Å². The van der Waals surface area contributed by atoms with E-state index in [1.807, 2.05) is 19.1 Å². The quantitative estimate of drug-likeness (QED) is 0.139. The van der Waals surface area contributed by atoms with Crippen LogP contribution in [0.15, 0.2) is 96.1 Å². The molecular formula is C31H29Cl2N3O5S. The topological polar surface area (TPSA) is 97.3 Å². The zero-order valence-corrected chi connectivity index (χ0v) is 25.3. The molecule has 0 aromatic heterocycles. The Morgan fingerprint density at radius 3 is 2.31 bits per heavy atom. The fourth-order valence-corrected chi connectivity index (χ4v) is 5.12. The Morgan fingerprint density at radius 2 is 1.64 bits per heavy atom. The lowest BCUT2D eigenvalue weighted by Crippen LogP contribution is -2.29. The van der Waals surface area contributed by atoms with Crippen LogP contribution in [0.1, 0.15) is 34.0 Å². The molecule has 1 amide bonds. The Balaban J connectivity index is 1.40. The number of nitrogens with zero attached hydrogens (tertiary/aromatic N) is 2. The number of nitrogens with one attached hydrogen (secondary N) is 1. The monoisotopic (exact) mass is 625 g/mol. The zero-order chi connectivity index (χ0) is 30.1. The first-order valence-corrected chi connectivity index (χ1v) is 15.5. The molecule has 4 aromatic rings. The standard InChI is InChI=1S/C31H29Cl2N3O5S/c1-3-40-30-18-23(10-17-29(30)41-21-22-8-13-26(32)14-9-22)19-34-35-31(37)24-11-15-27(16-12-24)36(42(2,38)39)20-25-6-4-5-7-28(25)33/h4-19H,3,20-21H2,1-2H3,(H,35,37)/b34-19+. The van der Waals surface area contributed by atoms with Crippen molar-refractivity contribution in [3.8, 4) is 11.5 Å². The summed E-state index contributed by atoms with van der Waals surface area (Å²) in [5, 5.41) is 5.18. The largest absolute Gasteiger partial charge is 0.490 e. The van der Waals surface area contributed by atoms with Gasteiger partial charge in [0.05, 0.1) is 31.3 Å². The highest BCUT2D eigenvalue weighted by molar-refractivity contribution is 7.92. The Bertz CT molecular complexity index is 1660. The summed E-state index contributed by atoms with van der Waals surface area (Å²) in [5.41, 5.74) is 5.52. The first-order valence-electron chi connectivity index (χ1n) is 12.9. The number of sulfonamides is 1. The minimum Gasteiger partial charge on any atom is -0.490 e. The van der Waals surface area contributed by atoms with Gasteiger partial charge in [-0.3, -0.25) is 9.10 Å². The van der Waals surface area contributed by atoms with E-state index < -0.39 is 15.9 Å². The van der Waals surface area contributed by atoms with Crippen LogP contribution < -0.4 is 19.2 Å². The van der Waals surface area contributed by atoms with Crippen molar-refractivity contribution in [3.63, 3.8) is 0 Å². The molecule has 0 radical (unpaired) electrons. The van der Waals surface area contributed by atoms with Gasteiger partial charge in [0.15, 0.2) is 11.5 Å². The summed E-state index contributed by atoms with van der Waals surface area (Å²) in [6.07, 6.45) is 2.61. The van der Waals surface area contributed by atoms with Crippen molar-refractivity contribution in [1.29, 1.82) is 0 Å². The van der Waals surface area contributed by atoms with E-state index in [9.17, 15) is 13.2 Å². The van der Waals surface area contributed by atoms with Gasteiger partial charge in [0.2, 0.25) is 10.0 Å². The van der Waals surface area contributed by atoms with Crippen LogP contribution in [0.2, 0.25) is 10.0 Å². The van der Waals surface area contributed by atoms with E-state index in [4.69, 9.17) is 32.7 Å². The van der Waals surface area contributed by atoms with Gasteiger partial charge in [-0.1, -0.05) is 53.5 Å². The number of benzene rings is 4. The number of anilines is 1. The van der Waals surface area contributed by atoms with Crippen LogP contribution in [-0.4, -0.2) is 33.4 Å². The van der Waals surface area contributed by atoms with Crippen molar-refractivity contribution in [2.75, 3.05) is 17.2 Å². The highest BCUT2D eigenvalue weighted by Crippen LogP contribution is 2.29. The third-order valence-electron chi connectivity index (χ3n) is 6.04. The van der Waals surface area contributed by atoms with Crippen LogP contribution in [-0.2, 0) is 23.2 Å². The summed E-state index contributed by atoms with van der Waals surface area (Å²) in [5.74, 6) is 0.665. The molecule has 4 rings (SSSR count). The number of ether oxygens (including phenoxy) is 2. The van der Waals surface area contributed by atoms with Gasteiger partial charge in [0.25, 0.3) is 5.91 Å². The second-order valence-electron chi connectivity index (χ2n) is 9.16. The SMILES string of the molecule is CCOc1cc(/C=N/NC(=O)c2ccc(N(Cc3ccccc3Cl)S(C)(=O)=O)cc2)ccc1OCc1ccc(Cl)cc1. The van der Waals surface area contributed by atoms with Gasteiger partial charge in [0.1, 0.15) is 6.61 Å². The molecule has 0 aliphatic heterocycles. The Hall–Kier alpha value is -4.05. The Morgan fingerprint density at radius 1 is 0.929 bits per heavy atom. The predicted octanol–water partition coefficient (Wildman–Crippen LogP) is 6.70. The average Bonchev–Trinajstić information content (AvgIpc) is 2.97. The lowest BCUT2D eigenvalue weighted by atomic mass is 10.2. The normalized spacial score (nSPS) is 11.3. The molecule has 4 aromatic carbocycles. The summed E-state index contributed by atoms with van der Waals surface area (Å²) < 4.78 is 37.9. The van der Waals surface area contributed by atoms with E-state index in [1.165, 1.54) is 22.7 Å². The minimum atomic E-state index is -3.61. The predicted molar refractivity (Wildman–Crippen MR) is 167 cm³/mol. The molecule has 1 N–H and O–H groups in total. The molecule has 42 heavy (non-hydrogen) atoms. The van der Waals surface area contributed by atoms with Crippen molar-refractivity contribution in [1.82, 2.24) is 5.43 Å². The van der Waals surface area contributed by atoms with Gasteiger partial charge in [-0.15, -0.1) is 0 Å². The van der Waals surface area contributed by atoms with Gasteiger partial charge in [-0.05, 0) is 84.3 Å². The van der Waals surface area contributed by atoms with Crippen LogP contribution in [0.4, 0.5) is 5.69 Å². The molecule has 0 bridgehead atoms.